The first-order chi connectivity index (χ1) is 13.4. The van der Waals surface area contributed by atoms with Gasteiger partial charge in [-0.05, 0) is 31.4 Å². The van der Waals surface area contributed by atoms with Gasteiger partial charge >= 0.3 is 0 Å². The van der Waals surface area contributed by atoms with Crippen molar-refractivity contribution in [3.63, 3.8) is 0 Å². The minimum atomic E-state index is -1.32. The number of nitrogens with zero attached hydrogens (tertiary/aromatic N) is 2. The molecule has 3 aliphatic heterocycles. The van der Waals surface area contributed by atoms with Crippen LogP contribution in [0.3, 0.4) is 0 Å². The SMILES string of the molecule is CS1(C)N=C(N)c2c(cccc2OC[C@H]2CCCN(C(=O)[C@H]3CCOC3)C2)N1. The van der Waals surface area contributed by atoms with Crippen LogP contribution in [-0.2, 0) is 9.53 Å². The van der Waals surface area contributed by atoms with Gasteiger partial charge in [-0.1, -0.05) is 16.5 Å². The van der Waals surface area contributed by atoms with Crippen LogP contribution < -0.4 is 15.2 Å². The molecule has 7 nitrogen and oxygen atoms in total. The minimum Gasteiger partial charge on any atom is -0.492 e. The van der Waals surface area contributed by atoms with Gasteiger partial charge in [0, 0.05) is 38.1 Å². The molecule has 1 aromatic carbocycles. The van der Waals surface area contributed by atoms with Gasteiger partial charge in [0.15, 0.2) is 0 Å². The number of anilines is 1. The molecule has 0 spiro atoms. The summed E-state index contributed by atoms with van der Waals surface area (Å²) >= 11 is 0. The third-order valence-corrected chi connectivity index (χ3v) is 6.93. The highest BCUT2D eigenvalue weighted by molar-refractivity contribution is 8.32. The number of ether oxygens (including phenoxy) is 2. The molecule has 4 rings (SSSR count). The molecule has 3 heterocycles. The highest BCUT2D eigenvalue weighted by atomic mass is 32.3. The number of piperidine rings is 1. The number of fused-ring (bicyclic) bond motifs is 1. The van der Waals surface area contributed by atoms with Crippen LogP contribution in [0, 0.1) is 11.8 Å². The zero-order chi connectivity index (χ0) is 19.7. The average Bonchev–Trinajstić information content (AvgIpc) is 3.19. The van der Waals surface area contributed by atoms with E-state index in [1.165, 1.54) is 0 Å². The number of rotatable bonds is 4. The molecule has 0 unspecified atom stereocenters. The van der Waals surface area contributed by atoms with Gasteiger partial charge in [0.2, 0.25) is 5.91 Å². The van der Waals surface area contributed by atoms with Gasteiger partial charge in [-0.2, -0.15) is 0 Å². The summed E-state index contributed by atoms with van der Waals surface area (Å²) in [6.07, 6.45) is 7.07. The zero-order valence-electron chi connectivity index (χ0n) is 16.6. The lowest BCUT2D eigenvalue weighted by Crippen LogP contribution is -2.44. The summed E-state index contributed by atoms with van der Waals surface area (Å²) in [5.74, 6) is 1.89. The smallest absolute Gasteiger partial charge is 0.228 e. The van der Waals surface area contributed by atoms with Crippen LogP contribution in [0.2, 0.25) is 0 Å². The summed E-state index contributed by atoms with van der Waals surface area (Å²) in [7, 11) is -1.32. The molecular formula is C20H30N4O3S. The quantitative estimate of drug-likeness (QED) is 0.801. The maximum absolute atomic E-state index is 12.7. The monoisotopic (exact) mass is 406 g/mol. The molecule has 0 aliphatic carbocycles. The summed E-state index contributed by atoms with van der Waals surface area (Å²) in [4.78, 5) is 14.7. The van der Waals surface area contributed by atoms with Crippen LogP contribution in [-0.4, -0.2) is 62.1 Å². The van der Waals surface area contributed by atoms with Gasteiger partial charge in [-0.15, -0.1) is 0 Å². The first-order valence-corrected chi connectivity index (χ1v) is 12.3. The predicted octanol–water partition coefficient (Wildman–Crippen LogP) is 2.37. The largest absolute Gasteiger partial charge is 0.492 e. The molecule has 1 aromatic rings. The van der Waals surface area contributed by atoms with Crippen molar-refractivity contribution in [1.29, 1.82) is 0 Å². The molecule has 1 amide bonds. The molecule has 3 aliphatic rings. The Labute approximate surface area is 168 Å². The number of likely N-dealkylation sites (tertiary alicyclic amines) is 1. The fourth-order valence-corrected chi connectivity index (χ4v) is 5.52. The van der Waals surface area contributed by atoms with E-state index in [4.69, 9.17) is 15.2 Å². The number of hydrogen-bond acceptors (Lipinski definition) is 6. The highest BCUT2D eigenvalue weighted by Crippen LogP contribution is 2.47. The lowest BCUT2D eigenvalue weighted by molar-refractivity contribution is -0.137. The van der Waals surface area contributed by atoms with Gasteiger partial charge in [-0.25, -0.2) is 4.40 Å². The molecule has 154 valence electrons. The molecular weight excluding hydrogens is 376 g/mol. The van der Waals surface area contributed by atoms with Gasteiger partial charge < -0.3 is 24.8 Å². The van der Waals surface area contributed by atoms with Crippen molar-refractivity contribution in [2.75, 3.05) is 50.1 Å². The number of amides is 1. The van der Waals surface area contributed by atoms with Crippen molar-refractivity contribution in [2.45, 2.75) is 19.3 Å². The van der Waals surface area contributed by atoms with Gasteiger partial charge in [0.25, 0.3) is 0 Å². The maximum atomic E-state index is 12.7. The summed E-state index contributed by atoms with van der Waals surface area (Å²) in [6.45, 7) is 3.43. The third kappa shape index (κ3) is 4.07. The van der Waals surface area contributed by atoms with Crippen molar-refractivity contribution in [2.24, 2.45) is 22.0 Å². The van der Waals surface area contributed by atoms with Crippen LogP contribution >= 0.6 is 10.4 Å². The number of carbonyl (C=O) groups is 1. The lowest BCUT2D eigenvalue weighted by atomic mass is 9.97. The van der Waals surface area contributed by atoms with Crippen molar-refractivity contribution in [3.05, 3.63) is 23.8 Å². The number of amidine groups is 1. The van der Waals surface area contributed by atoms with Crippen LogP contribution in [0.4, 0.5) is 5.69 Å². The summed E-state index contributed by atoms with van der Waals surface area (Å²) in [6, 6.07) is 5.94. The van der Waals surface area contributed by atoms with Crippen molar-refractivity contribution in [1.82, 2.24) is 4.90 Å². The number of hydrogen-bond donors (Lipinski definition) is 2. The Morgan fingerprint density at radius 2 is 2.29 bits per heavy atom. The van der Waals surface area contributed by atoms with E-state index in [-0.39, 0.29) is 11.8 Å². The first-order valence-electron chi connectivity index (χ1n) is 9.92. The molecule has 0 saturated carbocycles. The standard InChI is InChI=1S/C20H30N4O3S/c1-28(2)22-16-6-3-7-17(18(16)19(21)23-28)27-12-14-5-4-9-24(11-14)20(25)15-8-10-26-13-15/h3,6-7,14-15,22H,4-5,8-13H2,1-2H3,(H2,21,23)/t14-,15-/m0/s1. The molecule has 8 heteroatoms. The third-order valence-electron chi connectivity index (χ3n) is 5.55. The number of benzene rings is 1. The zero-order valence-corrected chi connectivity index (χ0v) is 17.5. The lowest BCUT2D eigenvalue weighted by Gasteiger charge is -2.35. The molecule has 0 aromatic heterocycles. The number of carbonyl (C=O) groups excluding carboxylic acids is 1. The Balaban J connectivity index is 1.40. The Morgan fingerprint density at radius 1 is 1.43 bits per heavy atom. The first kappa shape index (κ1) is 19.4. The van der Waals surface area contributed by atoms with Gasteiger partial charge in [0.05, 0.1) is 30.4 Å². The highest BCUT2D eigenvalue weighted by Gasteiger charge is 2.32. The van der Waals surface area contributed by atoms with Crippen molar-refractivity contribution < 1.29 is 14.3 Å². The second-order valence-electron chi connectivity index (χ2n) is 8.19. The van der Waals surface area contributed by atoms with E-state index >= 15 is 0 Å². The van der Waals surface area contributed by atoms with E-state index in [0.29, 0.717) is 31.6 Å². The molecule has 2 atom stereocenters. The molecule has 2 saturated heterocycles. The molecule has 0 radical (unpaired) electrons. The van der Waals surface area contributed by atoms with E-state index in [1.807, 2.05) is 23.1 Å². The van der Waals surface area contributed by atoms with Crippen molar-refractivity contribution in [3.8, 4) is 5.75 Å². The normalized spacial score (nSPS) is 27.4. The summed E-state index contributed by atoms with van der Waals surface area (Å²) in [5.41, 5.74) is 8.08. The van der Waals surface area contributed by atoms with E-state index in [2.05, 4.69) is 21.6 Å². The van der Waals surface area contributed by atoms with Crippen LogP contribution in [0.1, 0.15) is 24.8 Å². The Kier molecular flexibility index (Phi) is 5.42. The van der Waals surface area contributed by atoms with E-state index in [1.54, 1.807) is 0 Å². The van der Waals surface area contributed by atoms with Crippen LogP contribution in [0.25, 0.3) is 0 Å². The average molecular weight is 407 g/mol. The van der Waals surface area contributed by atoms with Crippen molar-refractivity contribution >= 4 is 27.8 Å². The topological polar surface area (TPSA) is 89.2 Å². The minimum absolute atomic E-state index is 0.0359. The van der Waals surface area contributed by atoms with E-state index in [0.717, 1.165) is 49.4 Å². The van der Waals surface area contributed by atoms with Crippen LogP contribution in [0.5, 0.6) is 5.75 Å². The number of nitrogens with one attached hydrogen (secondary N) is 1. The Hall–Kier alpha value is -1.93. The molecule has 2 fully saturated rings. The molecule has 0 bridgehead atoms. The summed E-state index contributed by atoms with van der Waals surface area (Å²) < 4.78 is 19.6. The van der Waals surface area contributed by atoms with Gasteiger partial charge in [-0.3, -0.25) is 4.79 Å². The predicted molar refractivity (Wildman–Crippen MR) is 114 cm³/mol. The summed E-state index contributed by atoms with van der Waals surface area (Å²) in [5, 5.41) is 0. The number of nitrogens with two attached hydrogens (primary N) is 1. The van der Waals surface area contributed by atoms with Gasteiger partial charge in [0.1, 0.15) is 11.6 Å². The Bertz CT molecular complexity index is 777. The van der Waals surface area contributed by atoms with E-state index < -0.39 is 10.4 Å². The second kappa shape index (κ2) is 7.83. The maximum Gasteiger partial charge on any atom is 0.228 e. The van der Waals surface area contributed by atoms with Crippen LogP contribution in [0.15, 0.2) is 22.6 Å². The molecule has 3 N–H and O–H groups in total. The fourth-order valence-electron chi connectivity index (χ4n) is 4.18. The second-order valence-corrected chi connectivity index (χ2v) is 11.1. The molecule has 28 heavy (non-hydrogen) atoms. The Morgan fingerprint density at radius 3 is 3.07 bits per heavy atom. The fraction of sp³-hybridized carbons (Fsp3) is 0.600. The van der Waals surface area contributed by atoms with E-state index in [9.17, 15) is 4.79 Å².